The summed E-state index contributed by atoms with van der Waals surface area (Å²) in [4.78, 5) is 6.84. The average Bonchev–Trinajstić information content (AvgIpc) is 2.77. The van der Waals surface area contributed by atoms with Gasteiger partial charge in [-0.1, -0.05) is 0 Å². The van der Waals surface area contributed by atoms with Crippen molar-refractivity contribution in [3.05, 3.63) is 23.7 Å². The summed E-state index contributed by atoms with van der Waals surface area (Å²) in [6.45, 7) is 2.41. The SMILES string of the molecule is c1nc2cc(N3CCCCC3)ccc2s1. The molecule has 2 heterocycles. The topological polar surface area (TPSA) is 16.1 Å². The van der Waals surface area contributed by atoms with Crippen molar-refractivity contribution in [1.29, 1.82) is 0 Å². The van der Waals surface area contributed by atoms with Crippen LogP contribution in [0.5, 0.6) is 0 Å². The van der Waals surface area contributed by atoms with Crippen molar-refractivity contribution in [2.45, 2.75) is 19.3 Å². The number of thiazole rings is 1. The highest BCUT2D eigenvalue weighted by Gasteiger charge is 2.11. The van der Waals surface area contributed by atoms with E-state index in [0.717, 1.165) is 5.52 Å². The lowest BCUT2D eigenvalue weighted by molar-refractivity contribution is 0.578. The molecular formula is C12H14N2S. The molecule has 78 valence electrons. The van der Waals surface area contributed by atoms with E-state index in [9.17, 15) is 0 Å². The van der Waals surface area contributed by atoms with Gasteiger partial charge in [-0.05, 0) is 37.5 Å². The van der Waals surface area contributed by atoms with Gasteiger partial charge in [0.15, 0.2) is 0 Å². The fraction of sp³-hybridized carbons (Fsp3) is 0.417. The molecule has 0 spiro atoms. The monoisotopic (exact) mass is 218 g/mol. The van der Waals surface area contributed by atoms with Crippen LogP contribution in [0.3, 0.4) is 0 Å². The fourth-order valence-electron chi connectivity index (χ4n) is 2.20. The minimum absolute atomic E-state index is 1.14. The van der Waals surface area contributed by atoms with Gasteiger partial charge in [0.25, 0.3) is 0 Å². The number of hydrogen-bond acceptors (Lipinski definition) is 3. The van der Waals surface area contributed by atoms with Crippen LogP contribution < -0.4 is 4.90 Å². The second-order valence-corrected chi connectivity index (χ2v) is 4.94. The van der Waals surface area contributed by atoms with Crippen molar-refractivity contribution in [3.63, 3.8) is 0 Å². The molecule has 1 fully saturated rings. The molecule has 1 aliphatic heterocycles. The standard InChI is InChI=1S/C12H14N2S/c1-2-6-14(7-3-1)10-4-5-12-11(8-10)13-9-15-12/h4-5,8-9H,1-3,6-7H2. The molecule has 1 aromatic heterocycles. The van der Waals surface area contributed by atoms with Crippen molar-refractivity contribution < 1.29 is 0 Å². The van der Waals surface area contributed by atoms with Crippen LogP contribution in [0.25, 0.3) is 10.2 Å². The number of piperidine rings is 1. The van der Waals surface area contributed by atoms with Crippen LogP contribution in [0.15, 0.2) is 23.7 Å². The third kappa shape index (κ3) is 1.72. The van der Waals surface area contributed by atoms with Gasteiger partial charge >= 0.3 is 0 Å². The van der Waals surface area contributed by atoms with Crippen molar-refractivity contribution in [2.24, 2.45) is 0 Å². The van der Waals surface area contributed by atoms with Crippen molar-refractivity contribution >= 4 is 27.2 Å². The maximum Gasteiger partial charge on any atom is 0.0832 e. The molecule has 0 saturated carbocycles. The molecule has 0 atom stereocenters. The molecule has 2 nitrogen and oxygen atoms in total. The van der Waals surface area contributed by atoms with Crippen LogP contribution >= 0.6 is 11.3 Å². The van der Waals surface area contributed by atoms with Gasteiger partial charge in [-0.2, -0.15) is 0 Å². The van der Waals surface area contributed by atoms with Crippen LogP contribution in [-0.4, -0.2) is 18.1 Å². The Morgan fingerprint density at radius 1 is 1.13 bits per heavy atom. The Labute approximate surface area is 93.6 Å². The molecule has 15 heavy (non-hydrogen) atoms. The first-order valence-corrected chi connectivity index (χ1v) is 6.40. The summed E-state index contributed by atoms with van der Waals surface area (Å²) in [5.74, 6) is 0. The summed E-state index contributed by atoms with van der Waals surface area (Å²) in [6, 6.07) is 6.64. The van der Waals surface area contributed by atoms with E-state index in [4.69, 9.17) is 0 Å². The lowest BCUT2D eigenvalue weighted by atomic mass is 10.1. The zero-order valence-corrected chi connectivity index (χ0v) is 9.46. The van der Waals surface area contributed by atoms with E-state index in [0.29, 0.717) is 0 Å². The Balaban J connectivity index is 1.95. The second-order valence-electron chi connectivity index (χ2n) is 4.05. The van der Waals surface area contributed by atoms with E-state index in [1.54, 1.807) is 11.3 Å². The molecule has 1 saturated heterocycles. The highest BCUT2D eigenvalue weighted by molar-refractivity contribution is 7.16. The average molecular weight is 218 g/mol. The zero-order valence-electron chi connectivity index (χ0n) is 8.65. The first kappa shape index (κ1) is 9.16. The lowest BCUT2D eigenvalue weighted by Crippen LogP contribution is -2.29. The van der Waals surface area contributed by atoms with Gasteiger partial charge < -0.3 is 4.90 Å². The number of nitrogens with zero attached hydrogens (tertiary/aromatic N) is 2. The van der Waals surface area contributed by atoms with Gasteiger partial charge in [-0.3, -0.25) is 0 Å². The first-order valence-electron chi connectivity index (χ1n) is 5.52. The Bertz CT molecular complexity index is 457. The normalized spacial score (nSPS) is 17.2. The maximum absolute atomic E-state index is 4.37. The lowest BCUT2D eigenvalue weighted by Gasteiger charge is -2.28. The smallest absolute Gasteiger partial charge is 0.0832 e. The molecule has 0 aliphatic carbocycles. The molecule has 0 amide bonds. The number of hydrogen-bond donors (Lipinski definition) is 0. The molecule has 0 N–H and O–H groups in total. The Morgan fingerprint density at radius 2 is 2.00 bits per heavy atom. The van der Waals surface area contributed by atoms with Gasteiger partial charge in [-0.25, -0.2) is 4.98 Å². The summed E-state index contributed by atoms with van der Waals surface area (Å²) < 4.78 is 1.29. The number of fused-ring (bicyclic) bond motifs is 1. The maximum atomic E-state index is 4.37. The van der Waals surface area contributed by atoms with Crippen molar-refractivity contribution in [3.8, 4) is 0 Å². The highest BCUT2D eigenvalue weighted by Crippen LogP contribution is 2.25. The highest BCUT2D eigenvalue weighted by atomic mass is 32.1. The van der Waals surface area contributed by atoms with Crippen molar-refractivity contribution in [2.75, 3.05) is 18.0 Å². The van der Waals surface area contributed by atoms with E-state index in [2.05, 4.69) is 28.1 Å². The summed E-state index contributed by atoms with van der Waals surface area (Å²) in [5.41, 5.74) is 4.40. The molecule has 0 unspecified atom stereocenters. The molecule has 0 radical (unpaired) electrons. The van der Waals surface area contributed by atoms with E-state index in [-0.39, 0.29) is 0 Å². The van der Waals surface area contributed by atoms with Gasteiger partial charge in [0.1, 0.15) is 0 Å². The quantitative estimate of drug-likeness (QED) is 0.730. The van der Waals surface area contributed by atoms with E-state index in [1.807, 2.05) is 5.51 Å². The van der Waals surface area contributed by atoms with Crippen LogP contribution in [-0.2, 0) is 0 Å². The number of aromatic nitrogens is 1. The number of anilines is 1. The van der Waals surface area contributed by atoms with Crippen molar-refractivity contribution in [1.82, 2.24) is 4.98 Å². The van der Waals surface area contributed by atoms with Crippen LogP contribution in [0.1, 0.15) is 19.3 Å². The molecule has 1 aromatic carbocycles. The van der Waals surface area contributed by atoms with Crippen LogP contribution in [0, 0.1) is 0 Å². The largest absolute Gasteiger partial charge is 0.371 e. The first-order chi connectivity index (χ1) is 7.43. The van der Waals surface area contributed by atoms with E-state index < -0.39 is 0 Å². The predicted octanol–water partition coefficient (Wildman–Crippen LogP) is 3.29. The fourth-order valence-corrected chi connectivity index (χ4v) is 2.85. The van der Waals surface area contributed by atoms with Gasteiger partial charge in [0.2, 0.25) is 0 Å². The van der Waals surface area contributed by atoms with Crippen LogP contribution in [0.2, 0.25) is 0 Å². The molecule has 3 heteroatoms. The molecule has 2 aromatic rings. The van der Waals surface area contributed by atoms with E-state index in [1.165, 1.54) is 42.7 Å². The van der Waals surface area contributed by atoms with Crippen LogP contribution in [0.4, 0.5) is 5.69 Å². The van der Waals surface area contributed by atoms with Gasteiger partial charge in [0, 0.05) is 18.8 Å². The Hall–Kier alpha value is -1.09. The number of benzene rings is 1. The minimum atomic E-state index is 1.14. The Morgan fingerprint density at radius 3 is 2.87 bits per heavy atom. The summed E-state index contributed by atoms with van der Waals surface area (Å²) in [7, 11) is 0. The summed E-state index contributed by atoms with van der Waals surface area (Å²) >= 11 is 1.71. The van der Waals surface area contributed by atoms with Gasteiger partial charge in [0.05, 0.1) is 15.7 Å². The molecule has 3 rings (SSSR count). The zero-order chi connectivity index (χ0) is 10.1. The molecule has 0 bridgehead atoms. The van der Waals surface area contributed by atoms with Gasteiger partial charge in [-0.15, -0.1) is 11.3 Å². The molecule has 1 aliphatic rings. The molecular weight excluding hydrogens is 204 g/mol. The predicted molar refractivity (Wildman–Crippen MR) is 65.7 cm³/mol. The second kappa shape index (κ2) is 3.81. The third-order valence-electron chi connectivity index (χ3n) is 3.04. The number of rotatable bonds is 1. The summed E-state index contributed by atoms with van der Waals surface area (Å²) in [6.07, 6.45) is 4.04. The Kier molecular flexibility index (Phi) is 2.33. The van der Waals surface area contributed by atoms with E-state index >= 15 is 0 Å². The third-order valence-corrected chi connectivity index (χ3v) is 3.85. The summed E-state index contributed by atoms with van der Waals surface area (Å²) in [5, 5.41) is 0. The minimum Gasteiger partial charge on any atom is -0.371 e.